The van der Waals surface area contributed by atoms with E-state index in [0.29, 0.717) is 36.7 Å². The molecule has 2 aromatic carbocycles. The Morgan fingerprint density at radius 3 is 2.66 bits per heavy atom. The number of hydrogen-bond donors (Lipinski definition) is 1. The molecule has 4 rings (SSSR count). The van der Waals surface area contributed by atoms with E-state index in [1.165, 1.54) is 5.56 Å². The van der Waals surface area contributed by atoms with Crippen LogP contribution in [0.3, 0.4) is 0 Å². The summed E-state index contributed by atoms with van der Waals surface area (Å²) in [6.45, 7) is 2.61. The van der Waals surface area contributed by atoms with Crippen LogP contribution in [0.15, 0.2) is 77.4 Å². The minimum absolute atomic E-state index is 0.179. The van der Waals surface area contributed by atoms with Crippen LogP contribution in [0.2, 0.25) is 0 Å². The van der Waals surface area contributed by atoms with Crippen LogP contribution < -0.4 is 10.1 Å². The third-order valence-electron chi connectivity index (χ3n) is 5.61. The molecule has 166 valence electrons. The lowest BCUT2D eigenvalue weighted by Gasteiger charge is -2.40. The van der Waals surface area contributed by atoms with E-state index < -0.39 is 6.04 Å². The fourth-order valence-electron chi connectivity index (χ4n) is 3.92. The van der Waals surface area contributed by atoms with Crippen LogP contribution in [-0.2, 0) is 17.9 Å². The first-order chi connectivity index (χ1) is 15.6. The van der Waals surface area contributed by atoms with Gasteiger partial charge in [-0.3, -0.25) is 14.5 Å². The molecular formula is C25H27N3O4. The van der Waals surface area contributed by atoms with Gasteiger partial charge < -0.3 is 19.4 Å². The van der Waals surface area contributed by atoms with Crippen LogP contribution in [0.25, 0.3) is 0 Å². The molecule has 1 saturated heterocycles. The van der Waals surface area contributed by atoms with Crippen molar-refractivity contribution in [2.75, 3.05) is 26.7 Å². The van der Waals surface area contributed by atoms with Gasteiger partial charge in [0.15, 0.2) is 0 Å². The molecule has 7 nitrogen and oxygen atoms in total. The molecule has 2 amide bonds. The van der Waals surface area contributed by atoms with E-state index in [9.17, 15) is 9.59 Å². The summed E-state index contributed by atoms with van der Waals surface area (Å²) in [6, 6.07) is 20.1. The Labute approximate surface area is 187 Å². The molecule has 1 unspecified atom stereocenters. The van der Waals surface area contributed by atoms with Gasteiger partial charge in [-0.1, -0.05) is 36.4 Å². The lowest BCUT2D eigenvalue weighted by molar-refractivity contribution is -0.128. The molecule has 0 spiro atoms. The number of nitrogens with zero attached hydrogens (tertiary/aromatic N) is 2. The number of hydrogen-bond acceptors (Lipinski definition) is 5. The maximum Gasteiger partial charge on any atom is 0.254 e. The van der Waals surface area contributed by atoms with Crippen molar-refractivity contribution in [3.63, 3.8) is 0 Å². The van der Waals surface area contributed by atoms with E-state index in [2.05, 4.69) is 22.3 Å². The molecule has 7 heteroatoms. The standard InChI is InChI=1S/C25H27N3O4/c1-31-21-10-5-9-20(15-21)25(30)28-13-12-27(17-19-7-3-2-4-8-19)18-23(28)24(29)26-16-22-11-6-14-32-22/h2-11,14-15,23H,12-13,16-18H2,1H3,(H,26,29). The number of methoxy groups -OCH3 is 1. The quantitative estimate of drug-likeness (QED) is 0.620. The van der Waals surface area contributed by atoms with E-state index >= 15 is 0 Å². The van der Waals surface area contributed by atoms with Gasteiger partial charge in [-0.2, -0.15) is 0 Å². The van der Waals surface area contributed by atoms with Crippen molar-refractivity contribution in [2.24, 2.45) is 0 Å². The molecule has 1 aliphatic heterocycles. The number of ether oxygens (including phenoxy) is 1. The predicted molar refractivity (Wildman–Crippen MR) is 120 cm³/mol. The molecule has 3 aromatic rings. The number of amides is 2. The summed E-state index contributed by atoms with van der Waals surface area (Å²) < 4.78 is 10.6. The molecule has 32 heavy (non-hydrogen) atoms. The number of carbonyl (C=O) groups is 2. The average molecular weight is 434 g/mol. The largest absolute Gasteiger partial charge is 0.497 e. The van der Waals surface area contributed by atoms with E-state index in [1.54, 1.807) is 48.6 Å². The van der Waals surface area contributed by atoms with E-state index in [-0.39, 0.29) is 18.4 Å². The zero-order valence-electron chi connectivity index (χ0n) is 18.1. The molecule has 1 aliphatic rings. The summed E-state index contributed by atoms with van der Waals surface area (Å²) in [4.78, 5) is 30.4. The zero-order valence-corrected chi connectivity index (χ0v) is 18.1. The average Bonchev–Trinajstić information content (AvgIpc) is 3.36. The number of nitrogens with one attached hydrogen (secondary N) is 1. The van der Waals surface area contributed by atoms with Crippen molar-refractivity contribution in [3.8, 4) is 5.75 Å². The van der Waals surface area contributed by atoms with Crippen LogP contribution in [0.5, 0.6) is 5.75 Å². The zero-order chi connectivity index (χ0) is 22.3. The Bertz CT molecular complexity index is 1040. The van der Waals surface area contributed by atoms with Crippen molar-refractivity contribution in [1.82, 2.24) is 15.1 Å². The number of furan rings is 1. The van der Waals surface area contributed by atoms with Crippen molar-refractivity contribution < 1.29 is 18.7 Å². The highest BCUT2D eigenvalue weighted by Gasteiger charge is 2.35. The highest BCUT2D eigenvalue weighted by Crippen LogP contribution is 2.20. The number of benzene rings is 2. The summed E-state index contributed by atoms with van der Waals surface area (Å²) >= 11 is 0. The van der Waals surface area contributed by atoms with Crippen molar-refractivity contribution in [2.45, 2.75) is 19.1 Å². The van der Waals surface area contributed by atoms with Gasteiger partial charge in [0.25, 0.3) is 5.91 Å². The van der Waals surface area contributed by atoms with Gasteiger partial charge in [-0.05, 0) is 35.9 Å². The van der Waals surface area contributed by atoms with Gasteiger partial charge in [0, 0.05) is 31.7 Å². The summed E-state index contributed by atoms with van der Waals surface area (Å²) in [7, 11) is 1.57. The van der Waals surface area contributed by atoms with Crippen LogP contribution >= 0.6 is 0 Å². The Kier molecular flexibility index (Phi) is 6.87. The van der Waals surface area contributed by atoms with Gasteiger partial charge in [0.2, 0.25) is 5.91 Å². The molecule has 0 radical (unpaired) electrons. The van der Waals surface area contributed by atoms with Gasteiger partial charge in [-0.25, -0.2) is 0 Å². The van der Waals surface area contributed by atoms with Crippen LogP contribution in [0.4, 0.5) is 0 Å². The minimum atomic E-state index is -0.610. The van der Waals surface area contributed by atoms with Crippen LogP contribution in [0, 0.1) is 0 Å². The summed E-state index contributed by atoms with van der Waals surface area (Å²) in [6.07, 6.45) is 1.57. The number of rotatable bonds is 7. The Morgan fingerprint density at radius 1 is 1.06 bits per heavy atom. The fraction of sp³-hybridized carbons (Fsp3) is 0.280. The van der Waals surface area contributed by atoms with Gasteiger partial charge >= 0.3 is 0 Å². The Morgan fingerprint density at radius 2 is 1.91 bits per heavy atom. The van der Waals surface area contributed by atoms with Crippen LogP contribution in [0.1, 0.15) is 21.7 Å². The Hall–Kier alpha value is -3.58. The third kappa shape index (κ3) is 5.18. The second-order valence-electron chi connectivity index (χ2n) is 7.76. The normalized spacial score (nSPS) is 16.5. The van der Waals surface area contributed by atoms with Crippen LogP contribution in [-0.4, -0.2) is 54.4 Å². The molecule has 2 heterocycles. The number of piperazine rings is 1. The first-order valence-corrected chi connectivity index (χ1v) is 10.7. The maximum absolute atomic E-state index is 13.3. The van der Waals surface area contributed by atoms with Gasteiger partial charge in [-0.15, -0.1) is 0 Å². The predicted octanol–water partition coefficient (Wildman–Crippen LogP) is 2.93. The molecular weight excluding hydrogens is 406 g/mol. The monoisotopic (exact) mass is 433 g/mol. The summed E-state index contributed by atoms with van der Waals surface area (Å²) in [5.74, 6) is 0.898. The number of carbonyl (C=O) groups excluding carboxylic acids is 2. The van der Waals surface area contributed by atoms with Gasteiger partial charge in [0.1, 0.15) is 17.6 Å². The highest BCUT2D eigenvalue weighted by atomic mass is 16.5. The second kappa shape index (κ2) is 10.2. The van der Waals surface area contributed by atoms with Crippen molar-refractivity contribution >= 4 is 11.8 Å². The van der Waals surface area contributed by atoms with E-state index in [0.717, 1.165) is 6.54 Å². The smallest absolute Gasteiger partial charge is 0.254 e. The van der Waals surface area contributed by atoms with E-state index in [4.69, 9.17) is 9.15 Å². The Balaban J connectivity index is 1.51. The van der Waals surface area contributed by atoms with Gasteiger partial charge in [0.05, 0.1) is 19.9 Å². The molecule has 1 fully saturated rings. The lowest BCUT2D eigenvalue weighted by Crippen LogP contribution is -2.60. The summed E-state index contributed by atoms with van der Waals surface area (Å²) in [5, 5.41) is 2.92. The highest BCUT2D eigenvalue weighted by molar-refractivity contribution is 5.98. The van der Waals surface area contributed by atoms with Crippen molar-refractivity contribution in [1.29, 1.82) is 0 Å². The second-order valence-corrected chi connectivity index (χ2v) is 7.76. The maximum atomic E-state index is 13.3. The fourth-order valence-corrected chi connectivity index (χ4v) is 3.92. The van der Waals surface area contributed by atoms with Crippen molar-refractivity contribution in [3.05, 3.63) is 89.9 Å². The van der Waals surface area contributed by atoms with E-state index in [1.807, 2.05) is 24.3 Å². The molecule has 0 saturated carbocycles. The topological polar surface area (TPSA) is 75.0 Å². The minimum Gasteiger partial charge on any atom is -0.497 e. The third-order valence-corrected chi connectivity index (χ3v) is 5.61. The lowest BCUT2D eigenvalue weighted by atomic mass is 10.1. The molecule has 1 aromatic heterocycles. The first-order valence-electron chi connectivity index (χ1n) is 10.7. The molecule has 1 N–H and O–H groups in total. The molecule has 0 aliphatic carbocycles. The summed E-state index contributed by atoms with van der Waals surface area (Å²) in [5.41, 5.74) is 1.68. The molecule has 1 atom stereocenters. The SMILES string of the molecule is COc1cccc(C(=O)N2CCN(Cc3ccccc3)CC2C(=O)NCc2ccco2)c1. The molecule has 0 bridgehead atoms. The first kappa shape index (κ1) is 21.6.